The van der Waals surface area contributed by atoms with E-state index in [1.807, 2.05) is 30.3 Å². The van der Waals surface area contributed by atoms with E-state index in [1.165, 1.54) is 11.3 Å². The lowest BCUT2D eigenvalue weighted by Gasteiger charge is -2.53. The van der Waals surface area contributed by atoms with Gasteiger partial charge in [0.25, 0.3) is 5.91 Å². The quantitative estimate of drug-likeness (QED) is 0.293. The van der Waals surface area contributed by atoms with Gasteiger partial charge in [0.05, 0.1) is 6.04 Å². The van der Waals surface area contributed by atoms with E-state index in [4.69, 9.17) is 4.43 Å². The molecule has 2 unspecified atom stereocenters. The number of carbonyl (C=O) groups is 2. The molecule has 1 aromatic carbocycles. The molecule has 0 N–H and O–H groups in total. The Morgan fingerprint density at radius 1 is 0.933 bits per heavy atom. The zero-order chi connectivity index (χ0) is 22.1. The summed E-state index contributed by atoms with van der Waals surface area (Å²) in [7, 11) is -2.24. The van der Waals surface area contributed by atoms with Gasteiger partial charge in [0.15, 0.2) is 6.10 Å². The number of carbonyl (C=O) groups excluding carboxylic acids is 2. The van der Waals surface area contributed by atoms with Crippen molar-refractivity contribution in [2.24, 2.45) is 5.92 Å². The third kappa shape index (κ3) is 4.03. The number of hydrogen-bond donors (Lipinski definition) is 0. The molecule has 0 spiro atoms. The zero-order valence-corrected chi connectivity index (χ0v) is 20.6. The van der Waals surface area contributed by atoms with Crippen LogP contribution in [0.1, 0.15) is 85.3 Å². The lowest BCUT2D eigenvalue weighted by Crippen LogP contribution is -2.67. The van der Waals surface area contributed by atoms with Gasteiger partial charge >= 0.3 is 0 Å². The van der Waals surface area contributed by atoms with Crippen LogP contribution in [0.15, 0.2) is 30.3 Å². The van der Waals surface area contributed by atoms with Gasteiger partial charge in [0.2, 0.25) is 14.2 Å². The molecule has 4 nitrogen and oxygen atoms in total. The van der Waals surface area contributed by atoms with Gasteiger partial charge in [-0.15, -0.1) is 0 Å². The molecule has 1 aromatic rings. The van der Waals surface area contributed by atoms with Crippen molar-refractivity contribution in [2.75, 3.05) is 0 Å². The summed E-state index contributed by atoms with van der Waals surface area (Å²) >= 11 is 0. The highest BCUT2D eigenvalue weighted by molar-refractivity contribution is 6.77. The summed E-state index contributed by atoms with van der Waals surface area (Å²) in [5.74, 6) is -0.130. The first-order valence-corrected chi connectivity index (χ1v) is 14.0. The molecule has 2 fully saturated rings. The van der Waals surface area contributed by atoms with Gasteiger partial charge in [-0.2, -0.15) is 0 Å². The first-order chi connectivity index (χ1) is 14.2. The predicted molar refractivity (Wildman–Crippen MR) is 124 cm³/mol. The maximum Gasteiger partial charge on any atom is 0.260 e. The number of likely N-dealkylation sites (tertiary alicyclic amines) is 1. The zero-order valence-electron chi connectivity index (χ0n) is 19.6. The van der Waals surface area contributed by atoms with Gasteiger partial charge in [-0.25, -0.2) is 0 Å². The molecule has 3 rings (SSSR count). The highest BCUT2D eigenvalue weighted by atomic mass is 28.4. The molecular weight excluding hydrogens is 390 g/mol. The van der Waals surface area contributed by atoms with E-state index >= 15 is 0 Å². The lowest BCUT2D eigenvalue weighted by molar-refractivity contribution is -0.176. The highest BCUT2D eigenvalue weighted by Crippen LogP contribution is 2.48. The van der Waals surface area contributed by atoms with Crippen molar-refractivity contribution < 1.29 is 14.0 Å². The van der Waals surface area contributed by atoms with Crippen LogP contribution in [0, 0.1) is 5.92 Å². The second-order valence-corrected chi connectivity index (χ2v) is 15.5. The van der Waals surface area contributed by atoms with Gasteiger partial charge < -0.3 is 4.43 Å². The second-order valence-electron chi connectivity index (χ2n) is 10.1. The number of imide groups is 1. The monoisotopic (exact) mass is 429 g/mol. The van der Waals surface area contributed by atoms with Crippen molar-refractivity contribution in [3.63, 3.8) is 0 Å². The van der Waals surface area contributed by atoms with Gasteiger partial charge in [0, 0.05) is 5.92 Å². The Morgan fingerprint density at radius 3 is 1.97 bits per heavy atom. The normalized spacial score (nSPS) is 23.4. The molecule has 2 amide bonds. The second kappa shape index (κ2) is 9.35. The number of β-lactam (4-membered cyclic amide) rings is 1. The molecule has 1 aliphatic heterocycles. The van der Waals surface area contributed by atoms with Gasteiger partial charge in [-0.3, -0.25) is 14.5 Å². The van der Waals surface area contributed by atoms with Gasteiger partial charge in [0.1, 0.15) is 0 Å². The summed E-state index contributed by atoms with van der Waals surface area (Å²) in [5, 5.41) is 0. The van der Waals surface area contributed by atoms with Crippen molar-refractivity contribution in [3.05, 3.63) is 35.9 Å². The molecule has 1 aliphatic carbocycles. The Bertz CT molecular complexity index is 718. The molecule has 2 atom stereocenters. The maximum absolute atomic E-state index is 13.4. The number of hydrogen-bond acceptors (Lipinski definition) is 3. The minimum Gasteiger partial charge on any atom is -0.402 e. The molecule has 5 heteroatoms. The van der Waals surface area contributed by atoms with E-state index in [2.05, 4.69) is 41.5 Å². The molecule has 1 heterocycles. The Balaban J connectivity index is 1.94. The van der Waals surface area contributed by atoms with E-state index in [0.29, 0.717) is 16.6 Å². The van der Waals surface area contributed by atoms with Crippen LogP contribution in [-0.4, -0.2) is 31.1 Å². The van der Waals surface area contributed by atoms with Crippen LogP contribution in [0.25, 0.3) is 0 Å². The smallest absolute Gasteiger partial charge is 0.260 e. The molecule has 2 aliphatic rings. The number of nitrogens with zero attached hydrogens (tertiary/aromatic N) is 1. The van der Waals surface area contributed by atoms with Crippen molar-refractivity contribution >= 4 is 20.1 Å². The van der Waals surface area contributed by atoms with Crippen LogP contribution in [0.5, 0.6) is 0 Å². The Morgan fingerprint density at radius 2 is 1.47 bits per heavy atom. The first kappa shape index (κ1) is 23.2. The number of rotatable bonds is 7. The van der Waals surface area contributed by atoms with Gasteiger partial charge in [-0.1, -0.05) is 91.1 Å². The van der Waals surface area contributed by atoms with Crippen LogP contribution < -0.4 is 0 Å². The Hall–Kier alpha value is -1.46. The summed E-state index contributed by atoms with van der Waals surface area (Å²) in [6.45, 7) is 13.4. The number of benzene rings is 1. The molecule has 1 saturated carbocycles. The molecule has 0 bridgehead atoms. The summed E-state index contributed by atoms with van der Waals surface area (Å²) < 4.78 is 6.90. The molecule has 166 valence electrons. The first-order valence-electron chi connectivity index (χ1n) is 11.8. The van der Waals surface area contributed by atoms with E-state index in [1.54, 1.807) is 0 Å². The van der Waals surface area contributed by atoms with Crippen LogP contribution in [0.3, 0.4) is 0 Å². The lowest BCUT2D eigenvalue weighted by atomic mass is 9.84. The topological polar surface area (TPSA) is 46.6 Å². The van der Waals surface area contributed by atoms with Crippen LogP contribution >= 0.6 is 0 Å². The summed E-state index contributed by atoms with van der Waals surface area (Å²) in [4.78, 5) is 28.3. The highest BCUT2D eigenvalue weighted by Gasteiger charge is 2.58. The fourth-order valence-electron chi connectivity index (χ4n) is 5.97. The Labute approximate surface area is 183 Å². The van der Waals surface area contributed by atoms with Crippen LogP contribution in [-0.2, 0) is 14.0 Å². The van der Waals surface area contributed by atoms with Crippen LogP contribution in [0.4, 0.5) is 0 Å². The molecule has 0 aromatic heterocycles. The average molecular weight is 430 g/mol. The van der Waals surface area contributed by atoms with Crippen LogP contribution in [0.2, 0.25) is 16.6 Å². The van der Waals surface area contributed by atoms with Crippen molar-refractivity contribution in [3.8, 4) is 0 Å². The SMILES string of the molecule is CC(C)[Si](OC1C(=O)N(C(=O)C2CCCCC2)C1c1ccccc1)(C(C)C)C(C)C. The number of amides is 2. The van der Waals surface area contributed by atoms with Gasteiger partial charge in [-0.05, 0) is 35.0 Å². The minimum atomic E-state index is -2.24. The van der Waals surface area contributed by atoms with Crippen molar-refractivity contribution in [1.82, 2.24) is 4.90 Å². The maximum atomic E-state index is 13.4. The van der Waals surface area contributed by atoms with E-state index in [9.17, 15) is 9.59 Å². The summed E-state index contributed by atoms with van der Waals surface area (Å²) in [5.41, 5.74) is 2.19. The third-order valence-corrected chi connectivity index (χ3v) is 13.5. The van der Waals surface area contributed by atoms with Crippen molar-refractivity contribution in [1.29, 1.82) is 0 Å². The Kier molecular flexibility index (Phi) is 7.23. The van der Waals surface area contributed by atoms with Crippen molar-refractivity contribution in [2.45, 2.75) is 102 Å². The molecular formula is C25H39NO3Si. The van der Waals surface area contributed by atoms with E-state index in [0.717, 1.165) is 31.2 Å². The van der Waals surface area contributed by atoms with E-state index < -0.39 is 14.4 Å². The fraction of sp³-hybridized carbons (Fsp3) is 0.680. The summed E-state index contributed by atoms with van der Waals surface area (Å²) in [6.07, 6.45) is 4.61. The predicted octanol–water partition coefficient (Wildman–Crippen LogP) is 6.24. The third-order valence-electron chi connectivity index (χ3n) is 7.42. The standard InChI is InChI=1S/C25H39NO3Si/c1-17(2)30(18(3)4,19(5)6)29-23-22(20-13-9-7-10-14-20)26(25(23)28)24(27)21-15-11-8-12-16-21/h7,9-10,13-14,17-19,21-23H,8,11-12,15-16H2,1-6H3. The molecule has 0 radical (unpaired) electrons. The fourth-order valence-corrected chi connectivity index (χ4v) is 11.5. The minimum absolute atomic E-state index is 0.0133. The molecule has 30 heavy (non-hydrogen) atoms. The summed E-state index contributed by atoms with van der Waals surface area (Å²) in [6, 6.07) is 9.70. The molecule has 1 saturated heterocycles. The average Bonchev–Trinajstić information content (AvgIpc) is 2.72. The van der Waals surface area contributed by atoms with E-state index in [-0.39, 0.29) is 23.8 Å². The largest absolute Gasteiger partial charge is 0.402 e.